The lowest BCUT2D eigenvalue weighted by atomic mass is 10.0. The molecule has 0 atom stereocenters. The highest BCUT2D eigenvalue weighted by Gasteiger charge is 2.26. The van der Waals surface area contributed by atoms with Crippen molar-refractivity contribution in [2.24, 2.45) is 0 Å². The van der Waals surface area contributed by atoms with Crippen molar-refractivity contribution in [3.63, 3.8) is 0 Å². The second-order valence-corrected chi connectivity index (χ2v) is 7.88. The van der Waals surface area contributed by atoms with Crippen LogP contribution in [0.15, 0.2) is 47.1 Å². The highest BCUT2D eigenvalue weighted by Crippen LogP contribution is 2.20. The summed E-state index contributed by atoms with van der Waals surface area (Å²) in [5, 5.41) is 10.6. The number of halogens is 1. The van der Waals surface area contributed by atoms with Crippen LogP contribution >= 0.6 is 23.8 Å². The first-order valence-corrected chi connectivity index (χ1v) is 10.3. The van der Waals surface area contributed by atoms with Crippen molar-refractivity contribution >= 4 is 35.6 Å². The van der Waals surface area contributed by atoms with E-state index in [2.05, 4.69) is 15.5 Å². The fourth-order valence-corrected chi connectivity index (χ4v) is 3.81. The van der Waals surface area contributed by atoms with Gasteiger partial charge in [0, 0.05) is 29.7 Å². The van der Waals surface area contributed by atoms with Crippen LogP contribution in [0.25, 0.3) is 11.4 Å². The van der Waals surface area contributed by atoms with E-state index in [0.29, 0.717) is 47.3 Å². The molecule has 0 spiro atoms. The molecule has 2 amide bonds. The van der Waals surface area contributed by atoms with Crippen molar-refractivity contribution in [1.29, 1.82) is 0 Å². The molecule has 10 heteroatoms. The maximum atomic E-state index is 12.6. The van der Waals surface area contributed by atoms with Crippen molar-refractivity contribution in [1.82, 2.24) is 25.0 Å². The van der Waals surface area contributed by atoms with E-state index in [9.17, 15) is 9.59 Å². The van der Waals surface area contributed by atoms with Crippen molar-refractivity contribution < 1.29 is 14.0 Å². The van der Waals surface area contributed by atoms with E-state index in [0.717, 1.165) is 5.56 Å². The Hall–Kier alpha value is -2.91. The smallest absolute Gasteiger partial charge is 0.289 e. The minimum absolute atomic E-state index is 0.00166. The van der Waals surface area contributed by atoms with Gasteiger partial charge in [-0.25, -0.2) is 0 Å². The van der Waals surface area contributed by atoms with Gasteiger partial charge >= 0.3 is 0 Å². The van der Waals surface area contributed by atoms with Crippen LogP contribution in [-0.4, -0.2) is 50.6 Å². The molecule has 1 aromatic carbocycles. The van der Waals surface area contributed by atoms with Gasteiger partial charge in [-0.1, -0.05) is 11.6 Å². The molecule has 0 aliphatic carbocycles. The molecule has 8 nitrogen and oxygen atoms in total. The van der Waals surface area contributed by atoms with E-state index in [1.54, 1.807) is 33.7 Å². The molecule has 3 heterocycles. The fourth-order valence-electron chi connectivity index (χ4n) is 3.48. The van der Waals surface area contributed by atoms with Gasteiger partial charge < -0.3 is 14.6 Å². The number of nitrogens with one attached hydrogen (secondary N) is 2. The average Bonchev–Trinajstić information content (AvgIpc) is 3.40. The monoisotopic (exact) mass is 445 g/mol. The molecule has 0 bridgehead atoms. The summed E-state index contributed by atoms with van der Waals surface area (Å²) in [6.07, 6.45) is 2.84. The molecule has 30 heavy (non-hydrogen) atoms. The summed E-state index contributed by atoms with van der Waals surface area (Å²) in [5.74, 6) is 0.632. The number of carbonyl (C=O) groups is 2. The van der Waals surface area contributed by atoms with E-state index in [4.69, 9.17) is 28.2 Å². The van der Waals surface area contributed by atoms with E-state index in [1.165, 1.54) is 6.26 Å². The van der Waals surface area contributed by atoms with E-state index >= 15 is 0 Å². The summed E-state index contributed by atoms with van der Waals surface area (Å²) in [7, 11) is 0. The quantitative estimate of drug-likeness (QED) is 0.587. The molecule has 2 aromatic heterocycles. The van der Waals surface area contributed by atoms with Gasteiger partial charge in [0.25, 0.3) is 5.91 Å². The summed E-state index contributed by atoms with van der Waals surface area (Å²) < 4.78 is 7.20. The van der Waals surface area contributed by atoms with Crippen LogP contribution < -0.4 is 5.32 Å². The first-order valence-electron chi connectivity index (χ1n) is 9.54. The highest BCUT2D eigenvalue weighted by molar-refractivity contribution is 7.71. The molecular formula is C20H20ClN5O3S. The number of benzene rings is 1. The third kappa shape index (κ3) is 4.47. The lowest BCUT2D eigenvalue weighted by Crippen LogP contribution is -2.47. The zero-order chi connectivity index (χ0) is 21.1. The van der Waals surface area contributed by atoms with Crippen LogP contribution in [0.5, 0.6) is 0 Å². The maximum absolute atomic E-state index is 12.6. The third-order valence-electron chi connectivity index (χ3n) is 5.04. The van der Waals surface area contributed by atoms with E-state index in [-0.39, 0.29) is 24.4 Å². The Balaban J connectivity index is 1.35. The summed E-state index contributed by atoms with van der Waals surface area (Å²) in [4.78, 5) is 26.7. The molecule has 1 aliphatic heterocycles. The summed E-state index contributed by atoms with van der Waals surface area (Å²) >= 11 is 11.2. The molecule has 1 saturated heterocycles. The van der Waals surface area contributed by atoms with Gasteiger partial charge in [0.2, 0.25) is 5.91 Å². The Labute approximate surface area is 182 Å². The molecule has 0 radical (unpaired) electrons. The standard InChI is InChI=1S/C20H20ClN5O3S/c21-14-5-3-13(4-6-14)18-23-24-20(30)26(18)12-17(27)22-15-7-9-25(10-8-15)19(28)16-2-1-11-29-16/h1-6,11,15H,7-10,12H2,(H,22,27)(H,24,30). The number of H-pyrrole nitrogens is 1. The maximum Gasteiger partial charge on any atom is 0.289 e. The van der Waals surface area contributed by atoms with Crippen LogP contribution in [0.2, 0.25) is 5.02 Å². The molecule has 1 aliphatic rings. The zero-order valence-electron chi connectivity index (χ0n) is 16.0. The third-order valence-corrected chi connectivity index (χ3v) is 5.61. The number of hydrogen-bond donors (Lipinski definition) is 2. The Morgan fingerprint density at radius 2 is 1.97 bits per heavy atom. The summed E-state index contributed by atoms with van der Waals surface area (Å²) in [5.41, 5.74) is 0.810. The summed E-state index contributed by atoms with van der Waals surface area (Å²) in [6.45, 7) is 1.18. The largest absolute Gasteiger partial charge is 0.459 e. The number of amides is 2. The second kappa shape index (κ2) is 8.85. The Kier molecular flexibility index (Phi) is 6.01. The molecule has 3 aromatic rings. The number of furan rings is 1. The number of carbonyl (C=O) groups excluding carboxylic acids is 2. The Morgan fingerprint density at radius 1 is 1.23 bits per heavy atom. The van der Waals surface area contributed by atoms with Gasteiger partial charge in [-0.3, -0.25) is 19.3 Å². The zero-order valence-corrected chi connectivity index (χ0v) is 17.6. The van der Waals surface area contributed by atoms with Gasteiger partial charge in [0.1, 0.15) is 6.54 Å². The van der Waals surface area contributed by atoms with Crippen LogP contribution in [0, 0.1) is 4.77 Å². The molecule has 0 unspecified atom stereocenters. The minimum Gasteiger partial charge on any atom is -0.459 e. The number of aromatic amines is 1. The first kappa shape index (κ1) is 20.4. The molecule has 4 rings (SSSR count). The molecule has 2 N–H and O–H groups in total. The predicted octanol–water partition coefficient (Wildman–Crippen LogP) is 3.28. The van der Waals surface area contributed by atoms with Gasteiger partial charge in [0.15, 0.2) is 16.4 Å². The van der Waals surface area contributed by atoms with Crippen molar-refractivity contribution in [3.8, 4) is 11.4 Å². The number of hydrogen-bond acceptors (Lipinski definition) is 5. The SMILES string of the molecule is O=C(Cn1c(-c2ccc(Cl)cc2)n[nH]c1=S)NC1CCN(C(=O)c2ccco2)CC1. The lowest BCUT2D eigenvalue weighted by molar-refractivity contribution is -0.122. The normalized spacial score (nSPS) is 14.6. The van der Waals surface area contributed by atoms with Gasteiger partial charge in [-0.05, 0) is 61.5 Å². The predicted molar refractivity (Wildman–Crippen MR) is 114 cm³/mol. The van der Waals surface area contributed by atoms with Crippen LogP contribution in [0.1, 0.15) is 23.4 Å². The van der Waals surface area contributed by atoms with E-state index < -0.39 is 0 Å². The molecule has 156 valence electrons. The molecular weight excluding hydrogens is 426 g/mol. The molecule has 1 fully saturated rings. The van der Waals surface area contributed by atoms with Crippen LogP contribution in [0.4, 0.5) is 0 Å². The Bertz CT molecular complexity index is 1080. The van der Waals surface area contributed by atoms with Gasteiger partial charge in [0.05, 0.1) is 6.26 Å². The number of nitrogens with zero attached hydrogens (tertiary/aromatic N) is 3. The number of piperidine rings is 1. The first-order chi connectivity index (χ1) is 14.5. The van der Waals surface area contributed by atoms with Gasteiger partial charge in [-0.15, -0.1) is 0 Å². The highest BCUT2D eigenvalue weighted by atomic mass is 35.5. The number of likely N-dealkylation sites (tertiary alicyclic amines) is 1. The second-order valence-electron chi connectivity index (χ2n) is 7.06. The van der Waals surface area contributed by atoms with Crippen LogP contribution in [-0.2, 0) is 11.3 Å². The Morgan fingerprint density at radius 3 is 2.63 bits per heavy atom. The van der Waals surface area contributed by atoms with Crippen molar-refractivity contribution in [2.45, 2.75) is 25.4 Å². The van der Waals surface area contributed by atoms with Gasteiger partial charge in [-0.2, -0.15) is 5.10 Å². The number of rotatable bonds is 5. The van der Waals surface area contributed by atoms with E-state index in [1.807, 2.05) is 12.1 Å². The fraction of sp³-hybridized carbons (Fsp3) is 0.300. The van der Waals surface area contributed by atoms with Crippen molar-refractivity contribution in [2.75, 3.05) is 13.1 Å². The average molecular weight is 446 g/mol. The summed E-state index contributed by atoms with van der Waals surface area (Å²) in [6, 6.07) is 10.5. The van der Waals surface area contributed by atoms with Crippen molar-refractivity contribution in [3.05, 3.63) is 58.2 Å². The lowest BCUT2D eigenvalue weighted by Gasteiger charge is -2.31. The molecule has 0 saturated carbocycles. The topological polar surface area (TPSA) is 96.2 Å². The van der Waals surface area contributed by atoms with Crippen LogP contribution in [0.3, 0.4) is 0 Å². The number of aromatic nitrogens is 3. The minimum atomic E-state index is -0.154.